The zero-order chi connectivity index (χ0) is 23.4. The molecule has 34 heavy (non-hydrogen) atoms. The monoisotopic (exact) mass is 459 g/mol. The van der Waals surface area contributed by atoms with Gasteiger partial charge in [0.1, 0.15) is 6.61 Å². The van der Waals surface area contributed by atoms with Gasteiger partial charge in [-0.3, -0.25) is 19.3 Å². The molecule has 2 fully saturated rings. The van der Waals surface area contributed by atoms with Crippen molar-refractivity contribution in [1.82, 2.24) is 9.80 Å². The molecule has 2 aromatic carbocycles. The molecule has 2 heterocycles. The predicted molar refractivity (Wildman–Crippen MR) is 129 cm³/mol. The number of carbonyl (C=O) groups excluding carboxylic acids is 3. The largest absolute Gasteiger partial charge is 0.464 e. The number of likely N-dealkylation sites (N-methyl/N-ethyl adjacent to an activating group) is 1. The first kappa shape index (κ1) is 21.4. The zero-order valence-corrected chi connectivity index (χ0v) is 19.4. The van der Waals surface area contributed by atoms with E-state index in [0.717, 1.165) is 55.5 Å². The molecule has 7 nitrogen and oxygen atoms in total. The van der Waals surface area contributed by atoms with E-state index in [4.69, 9.17) is 4.74 Å². The van der Waals surface area contributed by atoms with Crippen molar-refractivity contribution in [2.75, 3.05) is 51.3 Å². The van der Waals surface area contributed by atoms with Gasteiger partial charge in [0.2, 0.25) is 0 Å². The quantitative estimate of drug-likeness (QED) is 0.389. The Morgan fingerprint density at radius 1 is 0.971 bits per heavy atom. The van der Waals surface area contributed by atoms with Gasteiger partial charge in [-0.1, -0.05) is 24.3 Å². The molecule has 0 radical (unpaired) electrons. The fourth-order valence-corrected chi connectivity index (χ4v) is 6.05. The number of imide groups is 1. The molecule has 0 N–H and O–H groups in total. The number of hydrogen-bond donors (Lipinski definition) is 0. The number of rotatable bonds is 5. The SMILES string of the molecule is CN1CCN(c2ccc3c4c(cccc24)C(=O)N(CCOC(=O)C2CC4C=CC2C4)C3=O)CC1. The summed E-state index contributed by atoms with van der Waals surface area (Å²) in [5.41, 5.74) is 2.14. The van der Waals surface area contributed by atoms with Gasteiger partial charge in [-0.25, -0.2) is 0 Å². The minimum Gasteiger partial charge on any atom is -0.464 e. The Hall–Kier alpha value is -3.19. The van der Waals surface area contributed by atoms with Gasteiger partial charge in [-0.15, -0.1) is 0 Å². The highest BCUT2D eigenvalue weighted by atomic mass is 16.5. The second-order valence-electron chi connectivity index (χ2n) is 9.97. The summed E-state index contributed by atoms with van der Waals surface area (Å²) in [5, 5.41) is 1.67. The molecule has 6 rings (SSSR count). The van der Waals surface area contributed by atoms with Crippen LogP contribution in [0.5, 0.6) is 0 Å². The van der Waals surface area contributed by atoms with Crippen molar-refractivity contribution in [3.05, 3.63) is 53.6 Å². The van der Waals surface area contributed by atoms with Crippen LogP contribution in [0.3, 0.4) is 0 Å². The molecule has 2 aliphatic carbocycles. The van der Waals surface area contributed by atoms with Gasteiger partial charge >= 0.3 is 5.97 Å². The number of allylic oxidation sites excluding steroid dienone is 2. The summed E-state index contributed by atoms with van der Waals surface area (Å²) < 4.78 is 5.52. The van der Waals surface area contributed by atoms with E-state index in [1.54, 1.807) is 6.07 Å². The number of anilines is 1. The average molecular weight is 460 g/mol. The lowest BCUT2D eigenvalue weighted by atomic mass is 9.92. The van der Waals surface area contributed by atoms with E-state index in [-0.39, 0.29) is 42.8 Å². The van der Waals surface area contributed by atoms with Crippen LogP contribution in [0.2, 0.25) is 0 Å². The summed E-state index contributed by atoms with van der Waals surface area (Å²) in [5.74, 6) is -0.191. The third-order valence-corrected chi connectivity index (χ3v) is 7.95. The number of benzene rings is 2. The highest BCUT2D eigenvalue weighted by Gasteiger charge is 2.41. The minimum absolute atomic E-state index is 0.0264. The Morgan fingerprint density at radius 3 is 2.44 bits per heavy atom. The van der Waals surface area contributed by atoms with Crippen molar-refractivity contribution < 1.29 is 19.1 Å². The first-order valence-electron chi connectivity index (χ1n) is 12.2. The van der Waals surface area contributed by atoms with Crippen LogP contribution in [0.15, 0.2) is 42.5 Å². The highest BCUT2D eigenvalue weighted by molar-refractivity contribution is 6.26. The van der Waals surface area contributed by atoms with E-state index in [2.05, 4.69) is 29.0 Å². The Labute approximate surface area is 198 Å². The molecular formula is C27H29N3O4. The van der Waals surface area contributed by atoms with Crippen molar-refractivity contribution in [2.24, 2.45) is 17.8 Å². The molecule has 0 spiro atoms. The van der Waals surface area contributed by atoms with Crippen molar-refractivity contribution >= 4 is 34.2 Å². The lowest BCUT2D eigenvalue weighted by Crippen LogP contribution is -2.45. The molecule has 7 heteroatoms. The third-order valence-electron chi connectivity index (χ3n) is 7.95. The number of esters is 1. The predicted octanol–water partition coefficient (Wildman–Crippen LogP) is 2.94. The number of ether oxygens (including phenoxy) is 1. The molecular weight excluding hydrogens is 430 g/mol. The Morgan fingerprint density at radius 2 is 1.74 bits per heavy atom. The maximum atomic E-state index is 13.3. The topological polar surface area (TPSA) is 70.2 Å². The van der Waals surface area contributed by atoms with Gasteiger partial charge < -0.3 is 14.5 Å². The Bertz CT molecular complexity index is 1190. The van der Waals surface area contributed by atoms with Gasteiger partial charge in [0.05, 0.1) is 12.5 Å². The fourth-order valence-electron chi connectivity index (χ4n) is 6.05. The highest BCUT2D eigenvalue weighted by Crippen LogP contribution is 2.44. The fraction of sp³-hybridized carbons (Fsp3) is 0.444. The molecule has 1 saturated heterocycles. The number of piperazine rings is 1. The molecule has 2 bridgehead atoms. The summed E-state index contributed by atoms with van der Waals surface area (Å²) in [6, 6.07) is 9.51. The van der Waals surface area contributed by atoms with Crippen molar-refractivity contribution in [1.29, 1.82) is 0 Å². The molecule has 0 aromatic heterocycles. The Kier molecular flexibility index (Phi) is 5.17. The number of hydrogen-bond acceptors (Lipinski definition) is 6. The van der Waals surface area contributed by atoms with Crippen LogP contribution in [-0.2, 0) is 9.53 Å². The molecule has 176 valence electrons. The molecule has 4 aliphatic rings. The van der Waals surface area contributed by atoms with E-state index in [9.17, 15) is 14.4 Å². The summed E-state index contributed by atoms with van der Waals surface area (Å²) in [7, 11) is 2.12. The zero-order valence-electron chi connectivity index (χ0n) is 19.4. The first-order valence-corrected chi connectivity index (χ1v) is 12.2. The normalized spacial score (nSPS) is 26.1. The number of carbonyl (C=O) groups is 3. The number of amides is 2. The van der Waals surface area contributed by atoms with Crippen molar-refractivity contribution in [3.63, 3.8) is 0 Å². The lowest BCUT2D eigenvalue weighted by Gasteiger charge is -2.35. The van der Waals surface area contributed by atoms with Crippen molar-refractivity contribution in [2.45, 2.75) is 12.8 Å². The second kappa shape index (κ2) is 8.24. The lowest BCUT2D eigenvalue weighted by molar-refractivity contribution is -0.149. The molecule has 3 unspecified atom stereocenters. The van der Waals surface area contributed by atoms with E-state index < -0.39 is 0 Å². The standard InChI is InChI=1S/C27H29N3O4/c1-28-9-11-29(12-10-28)23-8-7-21-24-19(23)3-2-4-20(24)25(31)30(26(21)32)13-14-34-27(33)22-16-17-5-6-18(22)15-17/h2-8,17-18,22H,9-16H2,1H3. The minimum atomic E-state index is -0.322. The third kappa shape index (κ3) is 3.41. The van der Waals surface area contributed by atoms with Crippen LogP contribution in [-0.4, -0.2) is 74.0 Å². The van der Waals surface area contributed by atoms with Gasteiger partial charge in [-0.05, 0) is 49.9 Å². The first-order chi connectivity index (χ1) is 16.5. The smallest absolute Gasteiger partial charge is 0.309 e. The maximum absolute atomic E-state index is 13.3. The average Bonchev–Trinajstić information content (AvgIpc) is 3.49. The van der Waals surface area contributed by atoms with E-state index >= 15 is 0 Å². The van der Waals surface area contributed by atoms with Crippen LogP contribution in [0.25, 0.3) is 10.8 Å². The maximum Gasteiger partial charge on any atom is 0.309 e. The number of fused-ring (bicyclic) bond motifs is 2. The summed E-state index contributed by atoms with van der Waals surface area (Å²) in [4.78, 5) is 45.0. The van der Waals surface area contributed by atoms with Gasteiger partial charge in [0, 0.05) is 53.8 Å². The van der Waals surface area contributed by atoms with Crippen molar-refractivity contribution in [3.8, 4) is 0 Å². The summed E-state index contributed by atoms with van der Waals surface area (Å²) in [6.07, 6.45) is 6.17. The second-order valence-corrected chi connectivity index (χ2v) is 9.97. The van der Waals surface area contributed by atoms with E-state index in [0.29, 0.717) is 17.0 Å². The van der Waals surface area contributed by atoms with Gasteiger partial charge in [0.15, 0.2) is 0 Å². The molecule has 2 amide bonds. The summed E-state index contributed by atoms with van der Waals surface area (Å²) in [6.45, 7) is 3.87. The van der Waals surface area contributed by atoms with Gasteiger partial charge in [-0.2, -0.15) is 0 Å². The molecule has 2 aromatic rings. The summed E-state index contributed by atoms with van der Waals surface area (Å²) >= 11 is 0. The van der Waals surface area contributed by atoms with Crippen LogP contribution < -0.4 is 4.90 Å². The van der Waals surface area contributed by atoms with Crippen LogP contribution >= 0.6 is 0 Å². The van der Waals surface area contributed by atoms with E-state index in [1.165, 1.54) is 4.90 Å². The van der Waals surface area contributed by atoms with Gasteiger partial charge in [0.25, 0.3) is 11.8 Å². The van der Waals surface area contributed by atoms with Crippen LogP contribution in [0, 0.1) is 17.8 Å². The Balaban J connectivity index is 1.21. The molecule has 2 aliphatic heterocycles. The van der Waals surface area contributed by atoms with Crippen LogP contribution in [0.4, 0.5) is 5.69 Å². The van der Waals surface area contributed by atoms with Crippen LogP contribution in [0.1, 0.15) is 33.6 Å². The molecule has 1 saturated carbocycles. The van der Waals surface area contributed by atoms with E-state index in [1.807, 2.05) is 24.3 Å². The number of nitrogens with zero attached hydrogens (tertiary/aromatic N) is 3. The molecule has 3 atom stereocenters.